The number of morpholine rings is 1. The molecular weight excluding hydrogens is 285 g/mol. The third-order valence-corrected chi connectivity index (χ3v) is 3.13. The molecule has 1 fully saturated rings. The van der Waals surface area contributed by atoms with Crippen molar-refractivity contribution in [3.63, 3.8) is 0 Å². The van der Waals surface area contributed by atoms with Gasteiger partial charge in [-0.2, -0.15) is 4.98 Å². The summed E-state index contributed by atoms with van der Waals surface area (Å²) in [5.74, 6) is 0.244. The van der Waals surface area contributed by atoms with Crippen LogP contribution < -0.4 is 5.32 Å². The molecule has 0 aliphatic carbocycles. The van der Waals surface area contributed by atoms with Crippen LogP contribution in [0.3, 0.4) is 0 Å². The molecule has 1 saturated heterocycles. The Kier molecular flexibility index (Phi) is 5.05. The molecule has 20 heavy (non-hydrogen) atoms. The molecule has 1 N–H and O–H groups in total. The lowest BCUT2D eigenvalue weighted by Crippen LogP contribution is -2.42. The van der Waals surface area contributed by atoms with Gasteiger partial charge in [0.15, 0.2) is 0 Å². The standard InChI is InChI=1S/C13H14FN3O2.ClH/c14-12-2-1-9(13-16-8-19-17-13)5-10(12)6-11-7-18-4-3-15-11;/h1-2,5,8,11,15H,3-4,6-7H2;1H. The molecule has 1 unspecified atom stereocenters. The van der Waals surface area contributed by atoms with Gasteiger partial charge in [-0.1, -0.05) is 5.16 Å². The molecule has 0 saturated carbocycles. The molecule has 0 spiro atoms. The fourth-order valence-corrected chi connectivity index (χ4v) is 2.18. The van der Waals surface area contributed by atoms with E-state index in [-0.39, 0.29) is 24.3 Å². The fourth-order valence-electron chi connectivity index (χ4n) is 2.18. The van der Waals surface area contributed by atoms with Gasteiger partial charge in [-0.3, -0.25) is 0 Å². The molecule has 2 heterocycles. The molecule has 5 nitrogen and oxygen atoms in total. The summed E-state index contributed by atoms with van der Waals surface area (Å²) in [7, 11) is 0. The summed E-state index contributed by atoms with van der Waals surface area (Å²) in [6.07, 6.45) is 1.84. The van der Waals surface area contributed by atoms with Crippen molar-refractivity contribution in [2.24, 2.45) is 0 Å². The topological polar surface area (TPSA) is 60.2 Å². The van der Waals surface area contributed by atoms with Crippen LogP contribution in [0.25, 0.3) is 11.4 Å². The number of ether oxygens (including phenoxy) is 1. The van der Waals surface area contributed by atoms with Gasteiger partial charge in [0.25, 0.3) is 0 Å². The molecule has 1 aliphatic rings. The maximum Gasteiger partial charge on any atom is 0.214 e. The first-order chi connectivity index (χ1) is 9.33. The average Bonchev–Trinajstić information content (AvgIpc) is 2.96. The second kappa shape index (κ2) is 6.78. The quantitative estimate of drug-likeness (QED) is 0.937. The lowest BCUT2D eigenvalue weighted by molar-refractivity contribution is 0.0767. The minimum atomic E-state index is -0.223. The molecule has 2 aromatic rings. The number of nitrogens with one attached hydrogen (secondary N) is 1. The van der Waals surface area contributed by atoms with E-state index in [2.05, 4.69) is 15.5 Å². The van der Waals surface area contributed by atoms with Gasteiger partial charge in [0, 0.05) is 18.2 Å². The van der Waals surface area contributed by atoms with Crippen LogP contribution in [-0.2, 0) is 11.2 Å². The van der Waals surface area contributed by atoms with Gasteiger partial charge < -0.3 is 14.6 Å². The van der Waals surface area contributed by atoms with Crippen LogP contribution in [0.1, 0.15) is 5.56 Å². The zero-order chi connectivity index (χ0) is 13.1. The van der Waals surface area contributed by atoms with Crippen molar-refractivity contribution in [3.05, 3.63) is 36.0 Å². The Balaban J connectivity index is 0.00000147. The first-order valence-corrected chi connectivity index (χ1v) is 6.19. The van der Waals surface area contributed by atoms with Gasteiger partial charge in [-0.05, 0) is 30.2 Å². The maximum atomic E-state index is 13.8. The summed E-state index contributed by atoms with van der Waals surface area (Å²) in [6, 6.07) is 4.99. The lowest BCUT2D eigenvalue weighted by Gasteiger charge is -2.24. The van der Waals surface area contributed by atoms with Crippen molar-refractivity contribution in [2.75, 3.05) is 19.8 Å². The van der Waals surface area contributed by atoms with E-state index in [0.717, 1.165) is 12.1 Å². The molecule has 1 aromatic carbocycles. The van der Waals surface area contributed by atoms with Gasteiger partial charge in [0.2, 0.25) is 12.2 Å². The van der Waals surface area contributed by atoms with Crippen LogP contribution in [0.2, 0.25) is 0 Å². The van der Waals surface area contributed by atoms with Crippen molar-refractivity contribution in [1.29, 1.82) is 0 Å². The number of hydrogen-bond donors (Lipinski definition) is 1. The van der Waals surface area contributed by atoms with E-state index in [1.165, 1.54) is 12.5 Å². The third-order valence-electron chi connectivity index (χ3n) is 3.13. The number of aromatic nitrogens is 2. The summed E-state index contributed by atoms with van der Waals surface area (Å²) in [4.78, 5) is 3.96. The van der Waals surface area contributed by atoms with E-state index < -0.39 is 0 Å². The minimum absolute atomic E-state index is 0. The predicted octanol–water partition coefficient (Wildman–Crippen LogP) is 1.83. The van der Waals surface area contributed by atoms with E-state index >= 15 is 0 Å². The van der Waals surface area contributed by atoms with Crippen LogP contribution in [-0.4, -0.2) is 35.9 Å². The van der Waals surface area contributed by atoms with Crippen LogP contribution in [0.4, 0.5) is 4.39 Å². The summed E-state index contributed by atoms with van der Waals surface area (Å²) in [5, 5.41) is 7.06. The van der Waals surface area contributed by atoms with Crippen molar-refractivity contribution in [1.82, 2.24) is 15.5 Å². The highest BCUT2D eigenvalue weighted by molar-refractivity contribution is 5.85. The molecule has 3 rings (SSSR count). The molecule has 0 radical (unpaired) electrons. The van der Waals surface area contributed by atoms with Crippen LogP contribution in [0.5, 0.6) is 0 Å². The SMILES string of the molecule is Cl.Fc1ccc(-c2ncon2)cc1CC1COCCN1. The highest BCUT2D eigenvalue weighted by atomic mass is 35.5. The van der Waals surface area contributed by atoms with Crippen molar-refractivity contribution >= 4 is 12.4 Å². The summed E-state index contributed by atoms with van der Waals surface area (Å²) in [6.45, 7) is 2.12. The van der Waals surface area contributed by atoms with Gasteiger partial charge in [0.1, 0.15) is 5.82 Å². The Bertz CT molecular complexity index is 545. The van der Waals surface area contributed by atoms with E-state index in [1.807, 2.05) is 0 Å². The Morgan fingerprint density at radius 1 is 1.40 bits per heavy atom. The van der Waals surface area contributed by atoms with Crippen molar-refractivity contribution in [3.8, 4) is 11.4 Å². The largest absolute Gasteiger partial charge is 0.379 e. The van der Waals surface area contributed by atoms with Gasteiger partial charge >= 0.3 is 0 Å². The zero-order valence-corrected chi connectivity index (χ0v) is 11.5. The second-order valence-corrected chi connectivity index (χ2v) is 4.49. The average molecular weight is 300 g/mol. The van der Waals surface area contributed by atoms with Crippen molar-refractivity contribution < 1.29 is 13.7 Å². The first-order valence-electron chi connectivity index (χ1n) is 6.19. The van der Waals surface area contributed by atoms with E-state index in [0.29, 0.717) is 31.0 Å². The summed E-state index contributed by atoms with van der Waals surface area (Å²) >= 11 is 0. The molecule has 7 heteroatoms. The third kappa shape index (κ3) is 3.33. The number of halogens is 2. The molecule has 1 aromatic heterocycles. The van der Waals surface area contributed by atoms with Gasteiger partial charge in [0.05, 0.1) is 13.2 Å². The molecule has 1 aliphatic heterocycles. The van der Waals surface area contributed by atoms with E-state index in [9.17, 15) is 4.39 Å². The van der Waals surface area contributed by atoms with Gasteiger partial charge in [-0.15, -0.1) is 12.4 Å². The minimum Gasteiger partial charge on any atom is -0.379 e. The lowest BCUT2D eigenvalue weighted by atomic mass is 10.0. The monoisotopic (exact) mass is 299 g/mol. The highest BCUT2D eigenvalue weighted by Crippen LogP contribution is 2.20. The predicted molar refractivity (Wildman–Crippen MR) is 73.3 cm³/mol. The molecule has 0 bridgehead atoms. The molecular formula is C13H15ClFN3O2. The molecule has 108 valence electrons. The summed E-state index contributed by atoms with van der Waals surface area (Å²) < 4.78 is 23.9. The smallest absolute Gasteiger partial charge is 0.214 e. The van der Waals surface area contributed by atoms with E-state index in [1.54, 1.807) is 12.1 Å². The number of rotatable bonds is 3. The fraction of sp³-hybridized carbons (Fsp3) is 0.385. The number of nitrogens with zero attached hydrogens (tertiary/aromatic N) is 2. The van der Waals surface area contributed by atoms with Crippen LogP contribution >= 0.6 is 12.4 Å². The zero-order valence-electron chi connectivity index (χ0n) is 10.7. The van der Waals surface area contributed by atoms with Crippen molar-refractivity contribution in [2.45, 2.75) is 12.5 Å². The number of hydrogen-bond acceptors (Lipinski definition) is 5. The highest BCUT2D eigenvalue weighted by Gasteiger charge is 2.16. The maximum absolute atomic E-state index is 13.8. The Morgan fingerprint density at radius 2 is 2.30 bits per heavy atom. The molecule has 0 amide bonds. The number of benzene rings is 1. The summed E-state index contributed by atoms with van der Waals surface area (Å²) in [5.41, 5.74) is 1.38. The van der Waals surface area contributed by atoms with Crippen LogP contribution in [0, 0.1) is 5.82 Å². The Morgan fingerprint density at radius 3 is 3.00 bits per heavy atom. The second-order valence-electron chi connectivity index (χ2n) is 4.49. The Hall–Kier alpha value is -1.50. The van der Waals surface area contributed by atoms with Gasteiger partial charge in [-0.25, -0.2) is 4.39 Å². The van der Waals surface area contributed by atoms with Crippen LogP contribution in [0.15, 0.2) is 29.1 Å². The Labute approximate surface area is 121 Å². The first kappa shape index (κ1) is 14.9. The van der Waals surface area contributed by atoms with E-state index in [4.69, 9.17) is 9.26 Å². The normalized spacial score (nSPS) is 18.6. The molecule has 1 atom stereocenters.